The quantitative estimate of drug-likeness (QED) is 0.403. The summed E-state index contributed by atoms with van der Waals surface area (Å²) in [4.78, 5) is 42.6. The lowest BCUT2D eigenvalue weighted by Crippen LogP contribution is -2.29. The fraction of sp³-hybridized carbons (Fsp3) is 0.300. The van der Waals surface area contributed by atoms with Crippen LogP contribution in [-0.4, -0.2) is 53.0 Å². The SMILES string of the molecule is O=C(COC(=O)c1cccnc1SCC(=O)N1CCCC1)c1ccc(F)cc1. The molecule has 0 bridgehead atoms. The number of halogens is 1. The van der Waals surface area contributed by atoms with Gasteiger partial charge in [0.1, 0.15) is 10.8 Å². The number of amides is 1. The van der Waals surface area contributed by atoms with Crippen LogP contribution in [0.3, 0.4) is 0 Å². The molecule has 8 heteroatoms. The Bertz CT molecular complexity index is 867. The Kier molecular flexibility index (Phi) is 6.76. The number of nitrogens with zero attached hydrogens (tertiary/aromatic N) is 2. The lowest BCUT2D eigenvalue weighted by Gasteiger charge is -2.15. The summed E-state index contributed by atoms with van der Waals surface area (Å²) >= 11 is 1.17. The summed E-state index contributed by atoms with van der Waals surface area (Å²) in [6.07, 6.45) is 3.56. The van der Waals surface area contributed by atoms with Gasteiger partial charge in [0.05, 0.1) is 11.3 Å². The minimum absolute atomic E-state index is 0.0129. The third-order valence-electron chi connectivity index (χ3n) is 4.28. The van der Waals surface area contributed by atoms with Crippen molar-refractivity contribution in [3.8, 4) is 0 Å². The van der Waals surface area contributed by atoms with Gasteiger partial charge in [-0.05, 0) is 49.2 Å². The summed E-state index contributed by atoms with van der Waals surface area (Å²) in [6, 6.07) is 8.14. The molecule has 2 heterocycles. The average molecular weight is 402 g/mol. The Morgan fingerprint density at radius 1 is 1.11 bits per heavy atom. The van der Waals surface area contributed by atoms with Gasteiger partial charge in [-0.25, -0.2) is 14.2 Å². The van der Waals surface area contributed by atoms with Crippen molar-refractivity contribution < 1.29 is 23.5 Å². The van der Waals surface area contributed by atoms with Crippen molar-refractivity contribution in [2.24, 2.45) is 0 Å². The Morgan fingerprint density at radius 2 is 1.82 bits per heavy atom. The van der Waals surface area contributed by atoms with Crippen LogP contribution in [-0.2, 0) is 9.53 Å². The summed E-state index contributed by atoms with van der Waals surface area (Å²) in [6.45, 7) is 1.07. The maximum Gasteiger partial charge on any atom is 0.341 e. The molecule has 0 spiro atoms. The van der Waals surface area contributed by atoms with Crippen LogP contribution in [0.2, 0.25) is 0 Å². The molecular weight excluding hydrogens is 383 g/mol. The van der Waals surface area contributed by atoms with Gasteiger partial charge in [-0.2, -0.15) is 0 Å². The van der Waals surface area contributed by atoms with E-state index in [1.54, 1.807) is 17.0 Å². The molecule has 1 amide bonds. The molecule has 1 aromatic heterocycles. The molecule has 0 aliphatic carbocycles. The molecule has 0 saturated carbocycles. The number of benzene rings is 1. The predicted molar refractivity (Wildman–Crippen MR) is 102 cm³/mol. The van der Waals surface area contributed by atoms with E-state index in [4.69, 9.17) is 4.74 Å². The van der Waals surface area contributed by atoms with E-state index in [2.05, 4.69) is 4.98 Å². The zero-order chi connectivity index (χ0) is 19.9. The lowest BCUT2D eigenvalue weighted by molar-refractivity contribution is -0.127. The van der Waals surface area contributed by atoms with Crippen LogP contribution in [0.4, 0.5) is 4.39 Å². The molecule has 3 rings (SSSR count). The molecule has 0 atom stereocenters. The van der Waals surface area contributed by atoms with Crippen molar-refractivity contribution in [2.75, 3.05) is 25.4 Å². The molecule has 146 valence electrons. The third kappa shape index (κ3) is 5.16. The zero-order valence-corrected chi connectivity index (χ0v) is 15.9. The Labute approximate surface area is 166 Å². The normalized spacial score (nSPS) is 13.4. The standard InChI is InChI=1S/C20H19FN2O4S/c21-15-7-5-14(6-8-15)17(24)12-27-20(26)16-4-3-9-22-19(16)28-13-18(25)23-10-1-2-11-23/h3-9H,1-2,10-13H2. The van der Waals surface area contributed by atoms with E-state index in [-0.39, 0.29) is 22.8 Å². The first-order valence-electron chi connectivity index (χ1n) is 8.86. The molecule has 0 radical (unpaired) electrons. The summed E-state index contributed by atoms with van der Waals surface area (Å²) in [5, 5.41) is 0.384. The van der Waals surface area contributed by atoms with Crippen LogP contribution in [0.15, 0.2) is 47.6 Å². The van der Waals surface area contributed by atoms with Crippen LogP contribution >= 0.6 is 11.8 Å². The number of esters is 1. The topological polar surface area (TPSA) is 76.6 Å². The Balaban J connectivity index is 1.58. The van der Waals surface area contributed by atoms with Crippen LogP contribution in [0, 0.1) is 5.82 Å². The largest absolute Gasteiger partial charge is 0.454 e. The van der Waals surface area contributed by atoms with Crippen molar-refractivity contribution >= 4 is 29.4 Å². The predicted octanol–water partition coefficient (Wildman–Crippen LogP) is 2.97. The third-order valence-corrected chi connectivity index (χ3v) is 5.27. The maximum atomic E-state index is 12.9. The molecule has 1 fully saturated rings. The molecule has 1 aliphatic heterocycles. The summed E-state index contributed by atoms with van der Waals surface area (Å²) in [7, 11) is 0. The highest BCUT2D eigenvalue weighted by Gasteiger charge is 2.21. The fourth-order valence-electron chi connectivity index (χ4n) is 2.78. The van der Waals surface area contributed by atoms with Gasteiger partial charge in [0.15, 0.2) is 12.4 Å². The number of ether oxygens (including phenoxy) is 1. The van der Waals surface area contributed by atoms with Crippen LogP contribution in [0.1, 0.15) is 33.6 Å². The van der Waals surface area contributed by atoms with Gasteiger partial charge in [-0.1, -0.05) is 11.8 Å². The van der Waals surface area contributed by atoms with Gasteiger partial charge >= 0.3 is 5.97 Å². The number of likely N-dealkylation sites (tertiary alicyclic amines) is 1. The van der Waals surface area contributed by atoms with Gasteiger partial charge in [0, 0.05) is 24.8 Å². The van der Waals surface area contributed by atoms with Crippen molar-refractivity contribution in [1.82, 2.24) is 9.88 Å². The highest BCUT2D eigenvalue weighted by Crippen LogP contribution is 2.22. The fourth-order valence-corrected chi connectivity index (χ4v) is 3.66. The molecule has 0 unspecified atom stereocenters. The number of carbonyl (C=O) groups is 3. The number of pyridine rings is 1. The van der Waals surface area contributed by atoms with Crippen LogP contribution in [0.25, 0.3) is 0 Å². The number of aromatic nitrogens is 1. The number of ketones is 1. The van der Waals surface area contributed by atoms with Crippen LogP contribution < -0.4 is 0 Å². The number of rotatable bonds is 7. The van der Waals surface area contributed by atoms with E-state index in [1.807, 2.05) is 0 Å². The zero-order valence-electron chi connectivity index (χ0n) is 15.1. The highest BCUT2D eigenvalue weighted by atomic mass is 32.2. The van der Waals surface area contributed by atoms with Gasteiger partial charge < -0.3 is 9.64 Å². The number of thioether (sulfide) groups is 1. The van der Waals surface area contributed by atoms with Crippen molar-refractivity contribution in [2.45, 2.75) is 17.9 Å². The van der Waals surface area contributed by atoms with Gasteiger partial charge in [0.2, 0.25) is 5.91 Å². The maximum absolute atomic E-state index is 12.9. The van der Waals surface area contributed by atoms with Gasteiger partial charge in [-0.15, -0.1) is 0 Å². The summed E-state index contributed by atoms with van der Waals surface area (Å²) < 4.78 is 18.0. The van der Waals surface area contributed by atoms with Crippen molar-refractivity contribution in [3.63, 3.8) is 0 Å². The molecule has 1 saturated heterocycles. The van der Waals surface area contributed by atoms with Gasteiger partial charge in [0.25, 0.3) is 0 Å². The van der Waals surface area contributed by atoms with E-state index in [9.17, 15) is 18.8 Å². The van der Waals surface area contributed by atoms with E-state index in [1.165, 1.54) is 42.2 Å². The van der Waals surface area contributed by atoms with E-state index in [0.717, 1.165) is 25.9 Å². The van der Waals surface area contributed by atoms with Crippen LogP contribution in [0.5, 0.6) is 0 Å². The smallest absolute Gasteiger partial charge is 0.341 e. The number of carbonyl (C=O) groups excluding carboxylic acids is 3. The molecule has 1 aliphatic rings. The van der Waals surface area contributed by atoms with E-state index in [0.29, 0.717) is 5.03 Å². The molecule has 1 aromatic carbocycles. The summed E-state index contributed by atoms with van der Waals surface area (Å²) in [5.41, 5.74) is 0.458. The molecule has 0 N–H and O–H groups in total. The number of Topliss-reactive ketones (excluding diaryl/α,β-unsaturated/α-hetero) is 1. The minimum atomic E-state index is -0.695. The van der Waals surface area contributed by atoms with Gasteiger partial charge in [-0.3, -0.25) is 9.59 Å². The minimum Gasteiger partial charge on any atom is -0.454 e. The first kappa shape index (κ1) is 20.0. The van der Waals surface area contributed by atoms with Crippen molar-refractivity contribution in [1.29, 1.82) is 0 Å². The Hall–Kier alpha value is -2.74. The second kappa shape index (κ2) is 9.45. The Morgan fingerprint density at radius 3 is 2.54 bits per heavy atom. The number of hydrogen-bond acceptors (Lipinski definition) is 6. The lowest BCUT2D eigenvalue weighted by atomic mass is 10.1. The van der Waals surface area contributed by atoms with E-state index >= 15 is 0 Å². The average Bonchev–Trinajstić information content (AvgIpc) is 3.26. The molecular formula is C20H19FN2O4S. The highest BCUT2D eigenvalue weighted by molar-refractivity contribution is 8.00. The number of hydrogen-bond donors (Lipinski definition) is 0. The molecule has 6 nitrogen and oxygen atoms in total. The molecule has 28 heavy (non-hydrogen) atoms. The van der Waals surface area contributed by atoms with Crippen molar-refractivity contribution in [3.05, 3.63) is 59.5 Å². The first-order chi connectivity index (χ1) is 13.5. The van der Waals surface area contributed by atoms with E-state index < -0.39 is 24.2 Å². The second-order valence-corrected chi connectivity index (χ2v) is 7.20. The second-order valence-electron chi connectivity index (χ2n) is 6.24. The monoisotopic (exact) mass is 402 g/mol. The molecule has 2 aromatic rings. The first-order valence-corrected chi connectivity index (χ1v) is 9.84. The summed E-state index contributed by atoms with van der Waals surface area (Å²) in [5.74, 6) is -1.38.